The molecule has 160 valence electrons. The number of carbonyl (C=O) groups is 1. The number of ether oxygens (including phenoxy) is 1. The van der Waals surface area contributed by atoms with Crippen molar-refractivity contribution in [2.24, 2.45) is 0 Å². The highest BCUT2D eigenvalue weighted by Crippen LogP contribution is 2.21. The predicted octanol–water partition coefficient (Wildman–Crippen LogP) is 3.12. The van der Waals surface area contributed by atoms with Gasteiger partial charge in [0, 0.05) is 68.5 Å². The Balaban J connectivity index is 1.24. The Morgan fingerprint density at radius 3 is 2.40 bits per heavy atom. The molecule has 1 aromatic carbocycles. The van der Waals surface area contributed by atoms with E-state index in [2.05, 4.69) is 14.8 Å². The molecule has 2 aromatic rings. The first-order valence-corrected chi connectivity index (χ1v) is 11.7. The van der Waals surface area contributed by atoms with Crippen LogP contribution in [0.3, 0.4) is 0 Å². The maximum absolute atomic E-state index is 12.8. The summed E-state index contributed by atoms with van der Waals surface area (Å²) in [4.78, 5) is 24.0. The zero-order valence-electron chi connectivity index (χ0n) is 17.0. The number of carbonyl (C=O) groups excluding carboxylic acids is 1. The topological polar surface area (TPSA) is 48.9 Å². The minimum Gasteiger partial charge on any atom is -0.379 e. The van der Waals surface area contributed by atoms with Crippen molar-refractivity contribution in [1.29, 1.82) is 0 Å². The molecule has 0 aliphatic carbocycles. The van der Waals surface area contributed by atoms with Crippen LogP contribution in [0.5, 0.6) is 0 Å². The van der Waals surface area contributed by atoms with Gasteiger partial charge < -0.3 is 14.5 Å². The van der Waals surface area contributed by atoms with E-state index in [-0.39, 0.29) is 5.91 Å². The number of amides is 1. The third-order valence-electron chi connectivity index (χ3n) is 5.50. The van der Waals surface area contributed by atoms with Crippen LogP contribution in [-0.4, -0.2) is 85.5 Å². The number of halogens is 1. The molecular formula is C22H27ClN4O2S. The molecule has 0 unspecified atom stereocenters. The van der Waals surface area contributed by atoms with Crippen LogP contribution in [0.25, 0.3) is 0 Å². The van der Waals surface area contributed by atoms with Gasteiger partial charge in [-0.25, -0.2) is 4.98 Å². The summed E-state index contributed by atoms with van der Waals surface area (Å²) in [6.07, 6.45) is 1.71. The smallest absolute Gasteiger partial charge is 0.255 e. The van der Waals surface area contributed by atoms with Crippen LogP contribution in [0, 0.1) is 0 Å². The number of rotatable bonds is 6. The van der Waals surface area contributed by atoms with E-state index in [1.807, 2.05) is 41.3 Å². The number of aromatic nitrogens is 1. The van der Waals surface area contributed by atoms with E-state index >= 15 is 0 Å². The number of thioether (sulfide) groups is 1. The molecule has 0 bridgehead atoms. The third kappa shape index (κ3) is 5.66. The minimum atomic E-state index is 0.0584. The quantitative estimate of drug-likeness (QED) is 0.635. The molecule has 0 atom stereocenters. The molecule has 2 fully saturated rings. The SMILES string of the molecule is O=C(c1ccc(SCCN2CCOCC2)nc1)N1CCN(c2ccc(Cl)cc2)CC1. The molecule has 3 heterocycles. The van der Waals surface area contributed by atoms with Gasteiger partial charge in [0.25, 0.3) is 5.91 Å². The monoisotopic (exact) mass is 446 g/mol. The lowest BCUT2D eigenvalue weighted by molar-refractivity contribution is 0.0410. The van der Waals surface area contributed by atoms with E-state index in [0.29, 0.717) is 18.7 Å². The zero-order valence-corrected chi connectivity index (χ0v) is 18.6. The van der Waals surface area contributed by atoms with Gasteiger partial charge in [-0.05, 0) is 36.4 Å². The number of anilines is 1. The van der Waals surface area contributed by atoms with Crippen LogP contribution >= 0.6 is 23.4 Å². The van der Waals surface area contributed by atoms with Crippen LogP contribution in [0.15, 0.2) is 47.6 Å². The fraction of sp³-hybridized carbons (Fsp3) is 0.455. The van der Waals surface area contributed by atoms with Crippen molar-refractivity contribution in [3.63, 3.8) is 0 Å². The first kappa shape index (κ1) is 21.4. The fourth-order valence-electron chi connectivity index (χ4n) is 3.70. The maximum atomic E-state index is 12.8. The van der Waals surface area contributed by atoms with Crippen molar-refractivity contribution in [2.75, 3.05) is 69.7 Å². The standard InChI is InChI=1S/C22H27ClN4O2S/c23-19-2-4-20(5-3-19)26-7-9-27(10-8-26)22(28)18-1-6-21(24-17-18)30-16-13-25-11-14-29-15-12-25/h1-6,17H,7-16H2. The summed E-state index contributed by atoms with van der Waals surface area (Å²) in [5.41, 5.74) is 1.80. The largest absolute Gasteiger partial charge is 0.379 e. The summed E-state index contributed by atoms with van der Waals surface area (Å²) in [5, 5.41) is 1.70. The molecule has 0 radical (unpaired) electrons. The summed E-state index contributed by atoms with van der Waals surface area (Å²) in [7, 11) is 0. The molecule has 2 saturated heterocycles. The normalized spacial score (nSPS) is 17.9. The fourth-order valence-corrected chi connectivity index (χ4v) is 4.67. The van der Waals surface area contributed by atoms with Crippen molar-refractivity contribution < 1.29 is 9.53 Å². The van der Waals surface area contributed by atoms with Crippen LogP contribution < -0.4 is 4.90 Å². The van der Waals surface area contributed by atoms with Crippen molar-refractivity contribution in [1.82, 2.24) is 14.8 Å². The first-order chi connectivity index (χ1) is 14.7. The lowest BCUT2D eigenvalue weighted by atomic mass is 10.2. The molecule has 0 N–H and O–H groups in total. The Kier molecular flexibility index (Phi) is 7.49. The molecule has 6 nitrogen and oxygen atoms in total. The molecular weight excluding hydrogens is 420 g/mol. The first-order valence-electron chi connectivity index (χ1n) is 10.4. The van der Waals surface area contributed by atoms with Gasteiger partial charge in [0.05, 0.1) is 23.8 Å². The lowest BCUT2D eigenvalue weighted by Gasteiger charge is -2.36. The van der Waals surface area contributed by atoms with Crippen LogP contribution in [0.4, 0.5) is 5.69 Å². The van der Waals surface area contributed by atoms with Crippen molar-refractivity contribution in [3.05, 3.63) is 53.2 Å². The van der Waals surface area contributed by atoms with Gasteiger partial charge >= 0.3 is 0 Å². The minimum absolute atomic E-state index is 0.0584. The van der Waals surface area contributed by atoms with Crippen LogP contribution in [-0.2, 0) is 4.74 Å². The number of hydrogen-bond donors (Lipinski definition) is 0. The lowest BCUT2D eigenvalue weighted by Crippen LogP contribution is -2.48. The summed E-state index contributed by atoms with van der Waals surface area (Å²) in [5.74, 6) is 1.05. The second-order valence-corrected chi connectivity index (χ2v) is 8.99. The van der Waals surface area contributed by atoms with Gasteiger partial charge in [0.2, 0.25) is 0 Å². The second-order valence-electron chi connectivity index (χ2n) is 7.44. The average molecular weight is 447 g/mol. The number of morpholine rings is 1. The van der Waals surface area contributed by atoms with Gasteiger partial charge in [0.15, 0.2) is 0 Å². The Labute approximate surface area is 187 Å². The highest BCUT2D eigenvalue weighted by molar-refractivity contribution is 7.99. The second kappa shape index (κ2) is 10.5. The molecule has 4 rings (SSSR count). The van der Waals surface area contributed by atoms with E-state index in [9.17, 15) is 4.79 Å². The molecule has 0 saturated carbocycles. The maximum Gasteiger partial charge on any atom is 0.255 e. The summed E-state index contributed by atoms with van der Waals surface area (Å²) in [6.45, 7) is 7.75. The molecule has 0 spiro atoms. The summed E-state index contributed by atoms with van der Waals surface area (Å²) in [6, 6.07) is 11.7. The number of hydrogen-bond acceptors (Lipinski definition) is 6. The summed E-state index contributed by atoms with van der Waals surface area (Å²) < 4.78 is 5.38. The van der Waals surface area contributed by atoms with Crippen molar-refractivity contribution in [2.45, 2.75) is 5.03 Å². The highest BCUT2D eigenvalue weighted by atomic mass is 35.5. The highest BCUT2D eigenvalue weighted by Gasteiger charge is 2.22. The Bertz CT molecular complexity index is 820. The molecule has 1 aromatic heterocycles. The molecule has 2 aliphatic rings. The number of piperazine rings is 1. The van der Waals surface area contributed by atoms with Crippen LogP contribution in [0.2, 0.25) is 5.02 Å². The van der Waals surface area contributed by atoms with Crippen molar-refractivity contribution >= 4 is 35.0 Å². The van der Waals surface area contributed by atoms with Gasteiger partial charge in [-0.3, -0.25) is 9.69 Å². The average Bonchev–Trinajstić information content (AvgIpc) is 2.80. The van der Waals surface area contributed by atoms with E-state index in [0.717, 1.165) is 67.4 Å². The Hall–Kier alpha value is -1.80. The Morgan fingerprint density at radius 2 is 1.73 bits per heavy atom. The number of nitrogens with zero attached hydrogens (tertiary/aromatic N) is 4. The molecule has 8 heteroatoms. The number of benzene rings is 1. The zero-order chi connectivity index (χ0) is 20.8. The van der Waals surface area contributed by atoms with Crippen molar-refractivity contribution in [3.8, 4) is 0 Å². The molecule has 1 amide bonds. The number of pyridine rings is 1. The van der Waals surface area contributed by atoms with Gasteiger partial charge in [-0.1, -0.05) is 11.6 Å². The summed E-state index contributed by atoms with van der Waals surface area (Å²) >= 11 is 7.71. The van der Waals surface area contributed by atoms with E-state index in [4.69, 9.17) is 16.3 Å². The van der Waals surface area contributed by atoms with E-state index < -0.39 is 0 Å². The van der Waals surface area contributed by atoms with Gasteiger partial charge in [0.1, 0.15) is 0 Å². The predicted molar refractivity (Wildman–Crippen MR) is 122 cm³/mol. The van der Waals surface area contributed by atoms with Crippen LogP contribution in [0.1, 0.15) is 10.4 Å². The third-order valence-corrected chi connectivity index (χ3v) is 6.68. The van der Waals surface area contributed by atoms with E-state index in [1.54, 1.807) is 18.0 Å². The van der Waals surface area contributed by atoms with Gasteiger partial charge in [-0.2, -0.15) is 0 Å². The van der Waals surface area contributed by atoms with Gasteiger partial charge in [-0.15, -0.1) is 11.8 Å². The molecule has 30 heavy (non-hydrogen) atoms. The molecule has 2 aliphatic heterocycles. The Morgan fingerprint density at radius 1 is 1.00 bits per heavy atom. The van der Waals surface area contributed by atoms with E-state index in [1.165, 1.54) is 0 Å².